The maximum Gasteiger partial charge on any atom is 0.119 e. The van der Waals surface area contributed by atoms with Gasteiger partial charge in [0.15, 0.2) is 0 Å². The van der Waals surface area contributed by atoms with E-state index in [2.05, 4.69) is 0 Å². The van der Waals surface area contributed by atoms with E-state index < -0.39 is 11.2 Å². The van der Waals surface area contributed by atoms with Crippen LogP contribution < -0.4 is 9.47 Å². The molecule has 0 saturated carbocycles. The van der Waals surface area contributed by atoms with Crippen molar-refractivity contribution >= 4 is 0 Å². The molecular weight excluding hydrogens is 392 g/mol. The molecule has 2 aromatic rings. The predicted octanol–water partition coefficient (Wildman–Crippen LogP) is 5.18. The van der Waals surface area contributed by atoms with Crippen LogP contribution in [0.3, 0.4) is 0 Å². The Morgan fingerprint density at radius 2 is 0.871 bits per heavy atom. The summed E-state index contributed by atoms with van der Waals surface area (Å²) in [5, 5.41) is 21.1. The molecule has 0 aliphatic heterocycles. The van der Waals surface area contributed by atoms with Gasteiger partial charge in [0, 0.05) is 0 Å². The molecular formula is C26H38O5. The van der Waals surface area contributed by atoms with Gasteiger partial charge < -0.3 is 24.4 Å². The average molecular weight is 431 g/mol. The van der Waals surface area contributed by atoms with Crippen LogP contribution >= 0.6 is 0 Å². The summed E-state index contributed by atoms with van der Waals surface area (Å²) in [6.45, 7) is 9.80. The van der Waals surface area contributed by atoms with Crippen molar-refractivity contribution in [2.24, 2.45) is 0 Å². The molecule has 5 heteroatoms. The fourth-order valence-electron chi connectivity index (χ4n) is 3.58. The third-order valence-corrected chi connectivity index (χ3v) is 6.12. The van der Waals surface area contributed by atoms with Gasteiger partial charge in [-0.1, -0.05) is 52.0 Å². The van der Waals surface area contributed by atoms with E-state index in [4.69, 9.17) is 14.2 Å². The maximum absolute atomic E-state index is 10.6. The normalized spacial score (nSPS) is 12.1. The molecule has 2 aromatic carbocycles. The molecule has 0 radical (unpaired) electrons. The molecule has 0 amide bonds. The van der Waals surface area contributed by atoms with Crippen molar-refractivity contribution in [1.82, 2.24) is 0 Å². The van der Waals surface area contributed by atoms with Gasteiger partial charge in [-0.15, -0.1) is 0 Å². The van der Waals surface area contributed by atoms with Gasteiger partial charge >= 0.3 is 0 Å². The standard InChI is InChI=1S/C26H38O5/c1-5-25(27,6-2)21-9-13-23(14-10-21)30-19-17-29-18-20-31-24-15-11-22(12-16-24)26(28,7-3)8-4/h9-16,27-28H,5-8,17-20H2,1-4H3. The third-order valence-electron chi connectivity index (χ3n) is 6.12. The van der Waals surface area contributed by atoms with Crippen molar-refractivity contribution in [3.8, 4) is 11.5 Å². The maximum atomic E-state index is 10.6. The summed E-state index contributed by atoms with van der Waals surface area (Å²) in [7, 11) is 0. The van der Waals surface area contributed by atoms with Crippen molar-refractivity contribution in [1.29, 1.82) is 0 Å². The minimum Gasteiger partial charge on any atom is -0.491 e. The molecule has 0 heterocycles. The van der Waals surface area contributed by atoms with E-state index in [0.29, 0.717) is 52.1 Å². The first kappa shape index (κ1) is 25.2. The summed E-state index contributed by atoms with van der Waals surface area (Å²) in [4.78, 5) is 0. The summed E-state index contributed by atoms with van der Waals surface area (Å²) >= 11 is 0. The van der Waals surface area contributed by atoms with Gasteiger partial charge in [-0.3, -0.25) is 0 Å². The zero-order valence-corrected chi connectivity index (χ0v) is 19.4. The topological polar surface area (TPSA) is 68.2 Å². The van der Waals surface area contributed by atoms with Crippen LogP contribution in [-0.4, -0.2) is 36.6 Å². The molecule has 31 heavy (non-hydrogen) atoms. The Kier molecular flexibility index (Phi) is 9.82. The average Bonchev–Trinajstić information content (AvgIpc) is 2.83. The van der Waals surface area contributed by atoms with E-state index in [1.165, 1.54) is 0 Å². The van der Waals surface area contributed by atoms with Crippen LogP contribution in [-0.2, 0) is 15.9 Å². The summed E-state index contributed by atoms with van der Waals surface area (Å²) in [6, 6.07) is 15.2. The van der Waals surface area contributed by atoms with Crippen molar-refractivity contribution in [2.45, 2.75) is 64.6 Å². The number of hydrogen-bond acceptors (Lipinski definition) is 5. The molecule has 0 aromatic heterocycles. The number of ether oxygens (including phenoxy) is 3. The molecule has 5 nitrogen and oxygen atoms in total. The van der Waals surface area contributed by atoms with Gasteiger partial charge in [-0.25, -0.2) is 0 Å². The Morgan fingerprint density at radius 3 is 1.16 bits per heavy atom. The van der Waals surface area contributed by atoms with E-state index >= 15 is 0 Å². The highest BCUT2D eigenvalue weighted by molar-refractivity contribution is 5.31. The lowest BCUT2D eigenvalue weighted by molar-refractivity contribution is 0.0280. The number of aliphatic hydroxyl groups is 2. The Balaban J connectivity index is 1.65. The summed E-state index contributed by atoms with van der Waals surface area (Å²) in [5.41, 5.74) is 0.297. The smallest absolute Gasteiger partial charge is 0.119 e. The van der Waals surface area contributed by atoms with Crippen LogP contribution in [0.1, 0.15) is 64.5 Å². The minimum absolute atomic E-state index is 0.451. The molecule has 0 unspecified atom stereocenters. The number of hydrogen-bond donors (Lipinski definition) is 2. The number of rotatable bonds is 14. The van der Waals surface area contributed by atoms with E-state index in [-0.39, 0.29) is 0 Å². The molecule has 2 N–H and O–H groups in total. The molecule has 2 rings (SSSR count). The molecule has 172 valence electrons. The fraction of sp³-hybridized carbons (Fsp3) is 0.538. The lowest BCUT2D eigenvalue weighted by atomic mass is 9.89. The number of benzene rings is 2. The highest BCUT2D eigenvalue weighted by atomic mass is 16.5. The second-order valence-electron chi connectivity index (χ2n) is 7.84. The molecule has 0 bridgehead atoms. The quantitative estimate of drug-likeness (QED) is 0.404. The molecule has 0 aliphatic rings. The zero-order valence-electron chi connectivity index (χ0n) is 19.4. The van der Waals surface area contributed by atoms with Gasteiger partial charge in [0.05, 0.1) is 24.4 Å². The minimum atomic E-state index is -0.769. The Morgan fingerprint density at radius 1 is 0.548 bits per heavy atom. The largest absolute Gasteiger partial charge is 0.491 e. The van der Waals surface area contributed by atoms with E-state index in [1.807, 2.05) is 76.2 Å². The van der Waals surface area contributed by atoms with Crippen LogP contribution in [0.2, 0.25) is 0 Å². The summed E-state index contributed by atoms with van der Waals surface area (Å²) < 4.78 is 17.0. The van der Waals surface area contributed by atoms with Crippen LogP contribution in [0.15, 0.2) is 48.5 Å². The van der Waals surface area contributed by atoms with Gasteiger partial charge in [-0.05, 0) is 61.1 Å². The van der Waals surface area contributed by atoms with Crippen molar-refractivity contribution in [3.63, 3.8) is 0 Å². The molecule has 0 spiro atoms. The van der Waals surface area contributed by atoms with Crippen molar-refractivity contribution in [2.75, 3.05) is 26.4 Å². The van der Waals surface area contributed by atoms with Crippen molar-refractivity contribution in [3.05, 3.63) is 59.7 Å². The van der Waals surface area contributed by atoms with Gasteiger partial charge in [0.2, 0.25) is 0 Å². The first-order valence-electron chi connectivity index (χ1n) is 11.4. The van der Waals surface area contributed by atoms with E-state index in [0.717, 1.165) is 22.6 Å². The Hall–Kier alpha value is -2.08. The second kappa shape index (κ2) is 12.1. The summed E-state index contributed by atoms with van der Waals surface area (Å²) in [6.07, 6.45) is 2.74. The monoisotopic (exact) mass is 430 g/mol. The van der Waals surface area contributed by atoms with Crippen LogP contribution in [0.25, 0.3) is 0 Å². The lowest BCUT2D eigenvalue weighted by Gasteiger charge is -2.25. The highest BCUT2D eigenvalue weighted by Crippen LogP contribution is 2.30. The zero-order chi connectivity index (χ0) is 22.7. The molecule has 0 saturated heterocycles. The Bertz CT molecular complexity index is 681. The summed E-state index contributed by atoms with van der Waals surface area (Å²) in [5.74, 6) is 1.52. The van der Waals surface area contributed by atoms with Crippen LogP contribution in [0.4, 0.5) is 0 Å². The van der Waals surface area contributed by atoms with Crippen molar-refractivity contribution < 1.29 is 24.4 Å². The lowest BCUT2D eigenvalue weighted by Crippen LogP contribution is -2.23. The van der Waals surface area contributed by atoms with Gasteiger partial charge in [0.1, 0.15) is 24.7 Å². The third kappa shape index (κ3) is 6.96. The Labute approximate surface area is 187 Å². The fourth-order valence-corrected chi connectivity index (χ4v) is 3.58. The first-order valence-corrected chi connectivity index (χ1v) is 11.4. The molecule has 0 fully saturated rings. The van der Waals surface area contributed by atoms with Gasteiger partial charge in [0.25, 0.3) is 0 Å². The second-order valence-corrected chi connectivity index (χ2v) is 7.84. The van der Waals surface area contributed by atoms with E-state index in [1.54, 1.807) is 0 Å². The first-order chi connectivity index (χ1) is 14.9. The highest BCUT2D eigenvalue weighted by Gasteiger charge is 2.25. The SMILES string of the molecule is CCC(O)(CC)c1ccc(OCCOCCOc2ccc(C(O)(CC)CC)cc2)cc1. The van der Waals surface area contributed by atoms with Gasteiger partial charge in [-0.2, -0.15) is 0 Å². The van der Waals surface area contributed by atoms with Crippen LogP contribution in [0.5, 0.6) is 11.5 Å². The molecule has 0 aliphatic carbocycles. The molecule has 0 atom stereocenters. The predicted molar refractivity (Wildman–Crippen MR) is 124 cm³/mol. The van der Waals surface area contributed by atoms with E-state index in [9.17, 15) is 10.2 Å². The van der Waals surface area contributed by atoms with Crippen LogP contribution in [0, 0.1) is 0 Å².